The average molecular weight is 222 g/mol. The highest BCUT2D eigenvalue weighted by molar-refractivity contribution is 5.95. The smallest absolute Gasteiger partial charge is 0.326 e. The van der Waals surface area contributed by atoms with Crippen LogP contribution < -0.4 is 0 Å². The Bertz CT molecular complexity index is 386. The van der Waals surface area contributed by atoms with E-state index in [1.165, 1.54) is 4.90 Å². The van der Waals surface area contributed by atoms with Crippen LogP contribution in [-0.2, 0) is 4.79 Å². The molecule has 2 N–H and O–H groups in total. The van der Waals surface area contributed by atoms with Gasteiger partial charge in [-0.25, -0.2) is 4.79 Å². The van der Waals surface area contributed by atoms with Gasteiger partial charge in [-0.05, 0) is 31.4 Å². The second-order valence-electron chi connectivity index (χ2n) is 3.93. The van der Waals surface area contributed by atoms with Crippen molar-refractivity contribution in [2.45, 2.75) is 25.3 Å². The maximum atomic E-state index is 12.0. The molecule has 2 rings (SSSR count). The van der Waals surface area contributed by atoms with Crippen LogP contribution in [0.2, 0.25) is 0 Å². The number of hydrogen-bond donors (Lipinski definition) is 2. The van der Waals surface area contributed by atoms with Crippen molar-refractivity contribution in [1.29, 1.82) is 0 Å². The van der Waals surface area contributed by atoms with Crippen molar-refractivity contribution >= 4 is 11.9 Å². The molecule has 0 spiro atoms. The molecule has 1 amide bonds. The first-order chi connectivity index (χ1) is 7.70. The van der Waals surface area contributed by atoms with Gasteiger partial charge in [-0.3, -0.25) is 4.79 Å². The Balaban J connectivity index is 2.17. The van der Waals surface area contributed by atoms with E-state index in [1.807, 2.05) is 0 Å². The van der Waals surface area contributed by atoms with Gasteiger partial charge < -0.3 is 15.0 Å². The fraction of sp³-hybridized carbons (Fsp3) is 0.455. The zero-order valence-electron chi connectivity index (χ0n) is 8.85. The Morgan fingerprint density at radius 3 is 2.88 bits per heavy atom. The van der Waals surface area contributed by atoms with Gasteiger partial charge in [0.15, 0.2) is 0 Å². The fourth-order valence-electron chi connectivity index (χ4n) is 2.05. The van der Waals surface area contributed by atoms with E-state index in [9.17, 15) is 9.59 Å². The quantitative estimate of drug-likeness (QED) is 0.786. The van der Waals surface area contributed by atoms with Crippen molar-refractivity contribution in [3.05, 3.63) is 24.0 Å². The molecule has 0 aromatic carbocycles. The summed E-state index contributed by atoms with van der Waals surface area (Å²) in [5.41, 5.74) is 0.452. The minimum Gasteiger partial charge on any atom is -0.480 e. The van der Waals surface area contributed by atoms with Crippen LogP contribution in [0.3, 0.4) is 0 Å². The Hall–Kier alpha value is -1.78. The number of carboxylic acids is 1. The highest BCUT2D eigenvalue weighted by Crippen LogP contribution is 2.19. The maximum Gasteiger partial charge on any atom is 0.326 e. The van der Waals surface area contributed by atoms with Crippen molar-refractivity contribution < 1.29 is 14.7 Å². The zero-order chi connectivity index (χ0) is 11.5. The largest absolute Gasteiger partial charge is 0.480 e. The van der Waals surface area contributed by atoms with Gasteiger partial charge in [0.05, 0.1) is 0 Å². The highest BCUT2D eigenvalue weighted by Gasteiger charge is 2.32. The lowest BCUT2D eigenvalue weighted by molar-refractivity contribution is -0.143. The third kappa shape index (κ3) is 1.93. The summed E-state index contributed by atoms with van der Waals surface area (Å²) < 4.78 is 0. The molecule has 2 heterocycles. The number of rotatable bonds is 2. The van der Waals surface area contributed by atoms with E-state index in [1.54, 1.807) is 18.3 Å². The molecule has 16 heavy (non-hydrogen) atoms. The van der Waals surface area contributed by atoms with Gasteiger partial charge in [0, 0.05) is 12.7 Å². The van der Waals surface area contributed by atoms with Crippen LogP contribution >= 0.6 is 0 Å². The van der Waals surface area contributed by atoms with Gasteiger partial charge >= 0.3 is 5.97 Å². The van der Waals surface area contributed by atoms with E-state index in [4.69, 9.17) is 5.11 Å². The molecule has 1 aromatic rings. The number of carboxylic acid groups (broad SMARTS) is 1. The van der Waals surface area contributed by atoms with E-state index >= 15 is 0 Å². The summed E-state index contributed by atoms with van der Waals surface area (Å²) >= 11 is 0. The van der Waals surface area contributed by atoms with Crippen molar-refractivity contribution in [3.63, 3.8) is 0 Å². The number of aromatic nitrogens is 1. The Kier molecular flexibility index (Phi) is 2.94. The standard InChI is InChI=1S/C11H14N2O3/c14-10(8-4-3-6-12-8)13-7-2-1-5-9(13)11(15)16/h3-4,6,9,12H,1-2,5,7H2,(H,15,16)/t9-/m1/s1. The Morgan fingerprint density at radius 1 is 1.44 bits per heavy atom. The lowest BCUT2D eigenvalue weighted by atomic mass is 10.0. The molecule has 0 aliphatic carbocycles. The molecular weight excluding hydrogens is 208 g/mol. The molecule has 5 nitrogen and oxygen atoms in total. The molecule has 0 unspecified atom stereocenters. The van der Waals surface area contributed by atoms with Crippen LogP contribution in [0.25, 0.3) is 0 Å². The van der Waals surface area contributed by atoms with Gasteiger partial charge in [0.1, 0.15) is 11.7 Å². The van der Waals surface area contributed by atoms with Crippen LogP contribution in [0, 0.1) is 0 Å². The predicted octanol–water partition coefficient (Wildman–Crippen LogP) is 1.09. The minimum absolute atomic E-state index is 0.225. The van der Waals surface area contributed by atoms with Gasteiger partial charge in [-0.15, -0.1) is 0 Å². The van der Waals surface area contributed by atoms with Crippen LogP contribution in [-0.4, -0.2) is 39.5 Å². The van der Waals surface area contributed by atoms with E-state index in [0.29, 0.717) is 18.7 Å². The lowest BCUT2D eigenvalue weighted by Gasteiger charge is -2.32. The summed E-state index contributed by atoms with van der Waals surface area (Å²) in [6.07, 6.45) is 3.94. The van der Waals surface area contributed by atoms with E-state index in [-0.39, 0.29) is 5.91 Å². The topological polar surface area (TPSA) is 73.4 Å². The van der Waals surface area contributed by atoms with Gasteiger partial charge in [-0.1, -0.05) is 0 Å². The fourth-order valence-corrected chi connectivity index (χ4v) is 2.05. The normalized spacial score (nSPS) is 20.8. The van der Waals surface area contributed by atoms with Gasteiger partial charge in [0.2, 0.25) is 0 Å². The number of amides is 1. The first-order valence-electron chi connectivity index (χ1n) is 5.37. The molecule has 86 valence electrons. The summed E-state index contributed by atoms with van der Waals surface area (Å²) in [5.74, 6) is -1.14. The van der Waals surface area contributed by atoms with Crippen LogP contribution in [0.15, 0.2) is 18.3 Å². The summed E-state index contributed by atoms with van der Waals surface area (Å²) in [6, 6.07) is 2.72. The van der Waals surface area contributed by atoms with Gasteiger partial charge in [-0.2, -0.15) is 0 Å². The van der Waals surface area contributed by atoms with Crippen molar-refractivity contribution in [2.75, 3.05) is 6.54 Å². The van der Waals surface area contributed by atoms with Gasteiger partial charge in [0.25, 0.3) is 5.91 Å². The molecule has 1 aliphatic heterocycles. The molecule has 0 radical (unpaired) electrons. The van der Waals surface area contributed by atoms with Crippen LogP contribution in [0.4, 0.5) is 0 Å². The van der Waals surface area contributed by atoms with Crippen molar-refractivity contribution in [2.24, 2.45) is 0 Å². The number of H-pyrrole nitrogens is 1. The first kappa shape index (κ1) is 10.7. The molecular formula is C11H14N2O3. The van der Waals surface area contributed by atoms with Crippen molar-refractivity contribution in [1.82, 2.24) is 9.88 Å². The number of piperidine rings is 1. The Labute approximate surface area is 93.1 Å². The number of carbonyl (C=O) groups excluding carboxylic acids is 1. The summed E-state index contributed by atoms with van der Waals surface area (Å²) in [5, 5.41) is 9.05. The first-order valence-corrected chi connectivity index (χ1v) is 5.37. The van der Waals surface area contributed by atoms with E-state index in [2.05, 4.69) is 4.98 Å². The summed E-state index contributed by atoms with van der Waals surface area (Å²) in [6.45, 7) is 0.523. The minimum atomic E-state index is -0.917. The monoisotopic (exact) mass is 222 g/mol. The number of aliphatic carboxylic acids is 1. The molecule has 5 heteroatoms. The third-order valence-electron chi connectivity index (χ3n) is 2.88. The van der Waals surface area contributed by atoms with E-state index < -0.39 is 12.0 Å². The van der Waals surface area contributed by atoms with E-state index in [0.717, 1.165) is 12.8 Å². The zero-order valence-corrected chi connectivity index (χ0v) is 8.85. The molecule has 1 aromatic heterocycles. The molecule has 1 atom stereocenters. The predicted molar refractivity (Wildman–Crippen MR) is 57.1 cm³/mol. The van der Waals surface area contributed by atoms with Crippen LogP contribution in [0.1, 0.15) is 29.8 Å². The third-order valence-corrected chi connectivity index (χ3v) is 2.88. The second-order valence-corrected chi connectivity index (χ2v) is 3.93. The number of hydrogen-bond acceptors (Lipinski definition) is 2. The number of carbonyl (C=O) groups is 2. The second kappa shape index (κ2) is 4.38. The molecule has 1 fully saturated rings. The van der Waals surface area contributed by atoms with Crippen molar-refractivity contribution in [3.8, 4) is 0 Å². The highest BCUT2D eigenvalue weighted by atomic mass is 16.4. The molecule has 1 aliphatic rings. The summed E-state index contributed by atoms with van der Waals surface area (Å²) in [7, 11) is 0. The molecule has 0 bridgehead atoms. The number of nitrogens with zero attached hydrogens (tertiary/aromatic N) is 1. The molecule has 0 saturated carbocycles. The number of aromatic amines is 1. The number of likely N-dealkylation sites (tertiary alicyclic amines) is 1. The average Bonchev–Trinajstić information content (AvgIpc) is 2.81. The number of nitrogens with one attached hydrogen (secondary N) is 1. The molecule has 1 saturated heterocycles. The maximum absolute atomic E-state index is 12.0. The lowest BCUT2D eigenvalue weighted by Crippen LogP contribution is -2.48. The van der Waals surface area contributed by atoms with Crippen LogP contribution in [0.5, 0.6) is 0 Å². The SMILES string of the molecule is O=C(O)[C@H]1CCCCN1C(=O)c1ccc[nH]1. The summed E-state index contributed by atoms with van der Waals surface area (Å²) in [4.78, 5) is 27.3. The Morgan fingerprint density at radius 2 is 2.25 bits per heavy atom.